The first-order valence-electron chi connectivity index (χ1n) is 6.95. The van der Waals surface area contributed by atoms with E-state index in [-0.39, 0.29) is 11.0 Å². The van der Waals surface area contributed by atoms with Crippen LogP contribution in [-0.2, 0) is 5.41 Å². The van der Waals surface area contributed by atoms with Gasteiger partial charge in [0.1, 0.15) is 0 Å². The summed E-state index contributed by atoms with van der Waals surface area (Å²) in [5.41, 5.74) is 4.68. The van der Waals surface area contributed by atoms with E-state index in [1.807, 2.05) is 0 Å². The summed E-state index contributed by atoms with van der Waals surface area (Å²) in [5, 5.41) is 3.58. The molecule has 1 aromatic rings. The van der Waals surface area contributed by atoms with Crippen LogP contribution in [0.3, 0.4) is 0 Å². The predicted molar refractivity (Wildman–Crippen MR) is 81.3 cm³/mol. The highest BCUT2D eigenvalue weighted by Gasteiger charge is 2.23. The van der Waals surface area contributed by atoms with Crippen LogP contribution in [0.25, 0.3) is 0 Å². The largest absolute Gasteiger partial charge is 0.312 e. The van der Waals surface area contributed by atoms with Gasteiger partial charge in [0, 0.05) is 5.54 Å². The van der Waals surface area contributed by atoms with Crippen LogP contribution in [-0.4, -0.2) is 12.1 Å². The summed E-state index contributed by atoms with van der Waals surface area (Å²) in [6.07, 6.45) is 1.16. The van der Waals surface area contributed by atoms with E-state index in [0.717, 1.165) is 13.0 Å². The van der Waals surface area contributed by atoms with Crippen LogP contribution in [0.5, 0.6) is 0 Å². The van der Waals surface area contributed by atoms with Crippen molar-refractivity contribution in [3.05, 3.63) is 34.9 Å². The highest BCUT2D eigenvalue weighted by Crippen LogP contribution is 2.30. The average Bonchev–Trinajstić information content (AvgIpc) is 2.19. The van der Waals surface area contributed by atoms with Crippen molar-refractivity contribution < 1.29 is 0 Å². The Morgan fingerprint density at radius 3 is 2.17 bits per heavy atom. The first-order chi connectivity index (χ1) is 8.12. The van der Waals surface area contributed by atoms with Gasteiger partial charge in [0.25, 0.3) is 0 Å². The van der Waals surface area contributed by atoms with Crippen molar-refractivity contribution in [1.82, 2.24) is 5.32 Å². The molecule has 0 atom stereocenters. The third-order valence-electron chi connectivity index (χ3n) is 3.53. The van der Waals surface area contributed by atoms with E-state index in [2.05, 4.69) is 72.0 Å². The Bertz CT molecular complexity index is 397. The van der Waals surface area contributed by atoms with Crippen LogP contribution in [0, 0.1) is 13.8 Å². The maximum Gasteiger partial charge on any atom is 0.00965 e. The van der Waals surface area contributed by atoms with Crippen molar-refractivity contribution in [3.8, 4) is 0 Å². The zero-order valence-electron chi connectivity index (χ0n) is 13.1. The summed E-state index contributed by atoms with van der Waals surface area (Å²) in [4.78, 5) is 0. The molecule has 0 bridgehead atoms. The Morgan fingerprint density at radius 2 is 1.61 bits per heavy atom. The van der Waals surface area contributed by atoms with E-state index in [1.165, 1.54) is 16.7 Å². The Balaban J connectivity index is 2.76. The zero-order valence-corrected chi connectivity index (χ0v) is 13.1. The minimum absolute atomic E-state index is 0.206. The van der Waals surface area contributed by atoms with Gasteiger partial charge < -0.3 is 5.32 Å². The standard InChI is InChI=1S/C17H29N/c1-13-8-9-14(2)15(12-13)17(6,7)10-11-18-16(3,4)5/h8-9,12,18H,10-11H2,1-7H3. The molecule has 0 saturated carbocycles. The number of rotatable bonds is 4. The lowest BCUT2D eigenvalue weighted by atomic mass is 9.78. The molecule has 1 N–H and O–H groups in total. The minimum Gasteiger partial charge on any atom is -0.312 e. The Morgan fingerprint density at radius 1 is 1.00 bits per heavy atom. The second-order valence-electron chi connectivity index (χ2n) is 7.13. The topological polar surface area (TPSA) is 12.0 Å². The Labute approximate surface area is 113 Å². The molecule has 0 spiro atoms. The highest BCUT2D eigenvalue weighted by atomic mass is 14.9. The number of nitrogens with one attached hydrogen (secondary N) is 1. The van der Waals surface area contributed by atoms with Crippen LogP contribution in [0.4, 0.5) is 0 Å². The third-order valence-corrected chi connectivity index (χ3v) is 3.53. The van der Waals surface area contributed by atoms with Gasteiger partial charge in [-0.1, -0.05) is 37.6 Å². The van der Waals surface area contributed by atoms with Gasteiger partial charge in [-0.25, -0.2) is 0 Å². The van der Waals surface area contributed by atoms with E-state index in [4.69, 9.17) is 0 Å². The molecule has 18 heavy (non-hydrogen) atoms. The van der Waals surface area contributed by atoms with Gasteiger partial charge in [-0.3, -0.25) is 0 Å². The zero-order chi connectivity index (χ0) is 14.0. The van der Waals surface area contributed by atoms with Crippen molar-refractivity contribution in [2.75, 3.05) is 6.54 Å². The Kier molecular flexibility index (Phi) is 4.61. The van der Waals surface area contributed by atoms with Gasteiger partial charge in [0.2, 0.25) is 0 Å². The lowest BCUT2D eigenvalue weighted by molar-refractivity contribution is 0.378. The number of aryl methyl sites for hydroxylation is 2. The molecule has 1 nitrogen and oxygen atoms in total. The highest BCUT2D eigenvalue weighted by molar-refractivity contribution is 5.35. The normalized spacial score (nSPS) is 12.8. The van der Waals surface area contributed by atoms with E-state index >= 15 is 0 Å². The fourth-order valence-corrected chi connectivity index (χ4v) is 2.35. The van der Waals surface area contributed by atoms with Gasteiger partial charge in [0.15, 0.2) is 0 Å². The summed E-state index contributed by atoms with van der Waals surface area (Å²) < 4.78 is 0. The van der Waals surface area contributed by atoms with Gasteiger partial charge in [-0.15, -0.1) is 0 Å². The van der Waals surface area contributed by atoms with Crippen LogP contribution in [0.15, 0.2) is 18.2 Å². The van der Waals surface area contributed by atoms with E-state index in [1.54, 1.807) is 0 Å². The molecule has 0 aliphatic rings. The second kappa shape index (κ2) is 5.44. The molecule has 1 aromatic carbocycles. The molecule has 0 unspecified atom stereocenters. The monoisotopic (exact) mass is 247 g/mol. The molecular formula is C17H29N. The summed E-state index contributed by atoms with van der Waals surface area (Å²) in [6, 6.07) is 6.78. The first-order valence-corrected chi connectivity index (χ1v) is 6.95. The van der Waals surface area contributed by atoms with E-state index < -0.39 is 0 Å². The van der Waals surface area contributed by atoms with Crippen molar-refractivity contribution in [1.29, 1.82) is 0 Å². The molecule has 0 radical (unpaired) electrons. The third kappa shape index (κ3) is 4.45. The number of benzene rings is 1. The molecule has 0 heterocycles. The first kappa shape index (κ1) is 15.2. The molecule has 1 heteroatoms. The fraction of sp³-hybridized carbons (Fsp3) is 0.647. The second-order valence-corrected chi connectivity index (χ2v) is 7.13. The molecule has 0 aromatic heterocycles. The van der Waals surface area contributed by atoms with Gasteiger partial charge in [0.05, 0.1) is 0 Å². The van der Waals surface area contributed by atoms with Gasteiger partial charge in [-0.2, -0.15) is 0 Å². The lowest BCUT2D eigenvalue weighted by Crippen LogP contribution is -2.38. The van der Waals surface area contributed by atoms with Crippen LogP contribution in [0.2, 0.25) is 0 Å². The Hall–Kier alpha value is -0.820. The average molecular weight is 247 g/mol. The van der Waals surface area contributed by atoms with Crippen LogP contribution in [0.1, 0.15) is 57.7 Å². The number of hydrogen-bond donors (Lipinski definition) is 1. The summed E-state index contributed by atoms with van der Waals surface area (Å²) in [5.74, 6) is 0. The summed E-state index contributed by atoms with van der Waals surface area (Å²) in [6.45, 7) is 16.8. The smallest absolute Gasteiger partial charge is 0.00965 e. The molecule has 0 aliphatic carbocycles. The minimum atomic E-state index is 0.206. The van der Waals surface area contributed by atoms with Crippen molar-refractivity contribution >= 4 is 0 Å². The maximum absolute atomic E-state index is 3.58. The quantitative estimate of drug-likeness (QED) is 0.833. The van der Waals surface area contributed by atoms with Crippen molar-refractivity contribution in [2.24, 2.45) is 0 Å². The SMILES string of the molecule is Cc1ccc(C)c(C(C)(C)CCNC(C)(C)C)c1. The van der Waals surface area contributed by atoms with Gasteiger partial charge in [-0.05, 0) is 64.1 Å². The van der Waals surface area contributed by atoms with Crippen LogP contribution >= 0.6 is 0 Å². The van der Waals surface area contributed by atoms with E-state index in [9.17, 15) is 0 Å². The van der Waals surface area contributed by atoms with E-state index in [0.29, 0.717) is 0 Å². The van der Waals surface area contributed by atoms with Crippen molar-refractivity contribution in [3.63, 3.8) is 0 Å². The van der Waals surface area contributed by atoms with Gasteiger partial charge >= 0.3 is 0 Å². The molecule has 1 rings (SSSR count). The maximum atomic E-state index is 3.58. The molecule has 0 amide bonds. The molecule has 0 saturated heterocycles. The number of hydrogen-bond acceptors (Lipinski definition) is 1. The van der Waals surface area contributed by atoms with Crippen molar-refractivity contribution in [2.45, 2.75) is 65.8 Å². The summed E-state index contributed by atoms with van der Waals surface area (Å²) in [7, 11) is 0. The molecular weight excluding hydrogens is 218 g/mol. The predicted octanol–water partition coefficient (Wildman–Crippen LogP) is 4.36. The summed E-state index contributed by atoms with van der Waals surface area (Å²) >= 11 is 0. The molecule has 102 valence electrons. The van der Waals surface area contributed by atoms with Crippen LogP contribution < -0.4 is 5.32 Å². The lowest BCUT2D eigenvalue weighted by Gasteiger charge is -2.30. The molecule has 0 aliphatic heterocycles. The molecule has 0 fully saturated rings. The fourth-order valence-electron chi connectivity index (χ4n) is 2.35.